The Kier molecular flexibility index (Phi) is 4.17. The second-order valence-electron chi connectivity index (χ2n) is 5.23. The van der Waals surface area contributed by atoms with E-state index < -0.39 is 0 Å². The zero-order chi connectivity index (χ0) is 14.8. The molecule has 1 aliphatic rings. The molecular weight excluding hydrogens is 330 g/mol. The Balaban J connectivity index is 1.83. The lowest BCUT2D eigenvalue weighted by Gasteiger charge is -2.16. The average molecular weight is 348 g/mol. The maximum Gasteiger partial charge on any atom is 0.122 e. The van der Waals surface area contributed by atoms with Gasteiger partial charge in [0, 0.05) is 16.9 Å². The fraction of sp³-hybridized carbons (Fsp3) is 0.294. The molecule has 0 saturated heterocycles. The molecule has 2 aromatic carbocycles. The van der Waals surface area contributed by atoms with E-state index in [4.69, 9.17) is 15.2 Å². The molecule has 21 heavy (non-hydrogen) atoms. The maximum absolute atomic E-state index is 6.38. The summed E-state index contributed by atoms with van der Waals surface area (Å²) in [7, 11) is 1.69. The van der Waals surface area contributed by atoms with Crippen LogP contribution in [0.4, 0.5) is 0 Å². The average Bonchev–Trinajstić information content (AvgIpc) is 2.94. The van der Waals surface area contributed by atoms with Gasteiger partial charge in [-0.15, -0.1) is 0 Å². The minimum atomic E-state index is -0.0564. The van der Waals surface area contributed by atoms with Crippen LogP contribution in [0.3, 0.4) is 0 Å². The van der Waals surface area contributed by atoms with Crippen molar-refractivity contribution in [2.24, 2.45) is 5.73 Å². The third-order valence-corrected chi connectivity index (χ3v) is 4.32. The predicted molar refractivity (Wildman–Crippen MR) is 87.0 cm³/mol. The Labute approximate surface area is 133 Å². The molecule has 2 N–H and O–H groups in total. The third kappa shape index (κ3) is 3.06. The number of hydrogen-bond acceptors (Lipinski definition) is 3. The van der Waals surface area contributed by atoms with E-state index in [1.807, 2.05) is 18.2 Å². The number of nitrogens with two attached hydrogens (primary N) is 1. The van der Waals surface area contributed by atoms with Crippen LogP contribution in [-0.2, 0) is 12.8 Å². The van der Waals surface area contributed by atoms with Crippen LogP contribution in [0.15, 0.2) is 40.9 Å². The second kappa shape index (κ2) is 6.08. The molecule has 0 radical (unpaired) electrons. The van der Waals surface area contributed by atoms with Crippen molar-refractivity contribution in [3.8, 4) is 11.5 Å². The molecule has 1 unspecified atom stereocenters. The van der Waals surface area contributed by atoms with Crippen LogP contribution in [0.25, 0.3) is 0 Å². The minimum Gasteiger partial charge on any atom is -0.496 e. The van der Waals surface area contributed by atoms with Gasteiger partial charge in [0.05, 0.1) is 13.7 Å². The summed E-state index contributed by atoms with van der Waals surface area (Å²) in [5.74, 6) is 1.86. The van der Waals surface area contributed by atoms with Crippen LogP contribution in [0, 0.1) is 0 Å². The molecule has 3 nitrogen and oxygen atoms in total. The van der Waals surface area contributed by atoms with Crippen molar-refractivity contribution >= 4 is 15.9 Å². The van der Waals surface area contributed by atoms with Gasteiger partial charge < -0.3 is 15.2 Å². The van der Waals surface area contributed by atoms with E-state index in [1.54, 1.807) is 7.11 Å². The van der Waals surface area contributed by atoms with Gasteiger partial charge in [0.1, 0.15) is 11.5 Å². The van der Waals surface area contributed by atoms with Crippen LogP contribution in [0.1, 0.15) is 22.7 Å². The van der Waals surface area contributed by atoms with Gasteiger partial charge in [-0.1, -0.05) is 28.1 Å². The fourth-order valence-corrected chi connectivity index (χ4v) is 3.11. The molecule has 0 fully saturated rings. The van der Waals surface area contributed by atoms with Crippen LogP contribution in [0.2, 0.25) is 0 Å². The summed E-state index contributed by atoms with van der Waals surface area (Å²) in [6.45, 7) is 0.771. The summed E-state index contributed by atoms with van der Waals surface area (Å²) in [5, 5.41) is 0. The van der Waals surface area contributed by atoms with Crippen molar-refractivity contribution in [2.45, 2.75) is 18.9 Å². The highest BCUT2D eigenvalue weighted by Crippen LogP contribution is 2.31. The molecule has 0 amide bonds. The first-order valence-electron chi connectivity index (χ1n) is 7.01. The van der Waals surface area contributed by atoms with E-state index in [0.717, 1.165) is 46.5 Å². The third-order valence-electron chi connectivity index (χ3n) is 3.82. The minimum absolute atomic E-state index is 0.0564. The highest BCUT2D eigenvalue weighted by molar-refractivity contribution is 9.10. The number of rotatable bonds is 4. The summed E-state index contributed by atoms with van der Waals surface area (Å²) in [5.41, 5.74) is 9.88. The molecule has 0 bridgehead atoms. The van der Waals surface area contributed by atoms with Gasteiger partial charge in [-0.25, -0.2) is 0 Å². The van der Waals surface area contributed by atoms with Crippen molar-refractivity contribution in [3.63, 3.8) is 0 Å². The van der Waals surface area contributed by atoms with Gasteiger partial charge in [0.25, 0.3) is 0 Å². The lowest BCUT2D eigenvalue weighted by Crippen LogP contribution is -2.14. The predicted octanol–water partition coefficient (Wildman–Crippen LogP) is 3.64. The van der Waals surface area contributed by atoms with Crippen molar-refractivity contribution < 1.29 is 9.47 Å². The van der Waals surface area contributed by atoms with Gasteiger partial charge in [-0.3, -0.25) is 0 Å². The Morgan fingerprint density at radius 1 is 1.29 bits per heavy atom. The smallest absolute Gasteiger partial charge is 0.122 e. The first-order chi connectivity index (χ1) is 10.2. The summed E-state index contributed by atoms with van der Waals surface area (Å²) >= 11 is 3.50. The van der Waals surface area contributed by atoms with E-state index in [0.29, 0.717) is 0 Å². The molecule has 0 spiro atoms. The van der Waals surface area contributed by atoms with Crippen LogP contribution >= 0.6 is 15.9 Å². The molecule has 1 aliphatic heterocycles. The summed E-state index contributed by atoms with van der Waals surface area (Å²) in [6, 6.07) is 12.2. The van der Waals surface area contributed by atoms with E-state index in [2.05, 4.69) is 34.1 Å². The number of benzene rings is 2. The standard InChI is InChI=1S/C17H18BrNO2/c1-20-16-5-3-14(18)9-13(16)10-15(19)11-2-4-17-12(8-11)6-7-21-17/h2-5,8-9,15H,6-7,10,19H2,1H3. The molecule has 1 atom stereocenters. The number of halogens is 1. The maximum atomic E-state index is 6.38. The van der Waals surface area contributed by atoms with E-state index in [1.165, 1.54) is 5.56 Å². The van der Waals surface area contributed by atoms with Crippen LogP contribution in [0.5, 0.6) is 11.5 Å². The molecule has 4 heteroatoms. The van der Waals surface area contributed by atoms with E-state index in [9.17, 15) is 0 Å². The fourth-order valence-electron chi connectivity index (χ4n) is 2.70. The van der Waals surface area contributed by atoms with Crippen molar-refractivity contribution in [2.75, 3.05) is 13.7 Å². The van der Waals surface area contributed by atoms with E-state index >= 15 is 0 Å². The Hall–Kier alpha value is -1.52. The number of ether oxygens (including phenoxy) is 2. The molecular formula is C17H18BrNO2. The highest BCUT2D eigenvalue weighted by Gasteiger charge is 2.16. The van der Waals surface area contributed by atoms with Gasteiger partial charge in [-0.2, -0.15) is 0 Å². The number of hydrogen-bond donors (Lipinski definition) is 1. The Morgan fingerprint density at radius 2 is 2.14 bits per heavy atom. The van der Waals surface area contributed by atoms with Crippen molar-refractivity contribution in [1.29, 1.82) is 0 Å². The Bertz CT molecular complexity index is 657. The SMILES string of the molecule is COc1ccc(Br)cc1CC(N)c1ccc2c(c1)CCO2. The molecule has 0 aromatic heterocycles. The van der Waals surface area contributed by atoms with Gasteiger partial charge in [0.15, 0.2) is 0 Å². The zero-order valence-corrected chi connectivity index (χ0v) is 13.5. The molecule has 0 saturated carbocycles. The molecule has 110 valence electrons. The van der Waals surface area contributed by atoms with Crippen LogP contribution in [-0.4, -0.2) is 13.7 Å². The second-order valence-corrected chi connectivity index (χ2v) is 6.15. The van der Waals surface area contributed by atoms with Gasteiger partial charge in [0.2, 0.25) is 0 Å². The zero-order valence-electron chi connectivity index (χ0n) is 11.9. The number of methoxy groups -OCH3 is 1. The summed E-state index contributed by atoms with van der Waals surface area (Å²) in [4.78, 5) is 0. The highest BCUT2D eigenvalue weighted by atomic mass is 79.9. The topological polar surface area (TPSA) is 44.5 Å². The summed E-state index contributed by atoms with van der Waals surface area (Å²) < 4.78 is 12.0. The number of fused-ring (bicyclic) bond motifs is 1. The molecule has 2 aromatic rings. The molecule has 3 rings (SSSR count). The van der Waals surface area contributed by atoms with Crippen molar-refractivity contribution in [1.82, 2.24) is 0 Å². The van der Waals surface area contributed by atoms with Crippen molar-refractivity contribution in [3.05, 3.63) is 57.6 Å². The van der Waals surface area contributed by atoms with Gasteiger partial charge in [-0.05, 0) is 47.4 Å². The molecule has 1 heterocycles. The first-order valence-corrected chi connectivity index (χ1v) is 7.80. The lowest BCUT2D eigenvalue weighted by atomic mass is 9.97. The van der Waals surface area contributed by atoms with E-state index in [-0.39, 0.29) is 6.04 Å². The lowest BCUT2D eigenvalue weighted by molar-refractivity contribution is 0.357. The largest absolute Gasteiger partial charge is 0.496 e. The Morgan fingerprint density at radius 3 is 2.95 bits per heavy atom. The summed E-state index contributed by atoms with van der Waals surface area (Å²) in [6.07, 6.45) is 1.71. The molecule has 0 aliphatic carbocycles. The monoisotopic (exact) mass is 347 g/mol. The first kappa shape index (κ1) is 14.4. The van der Waals surface area contributed by atoms with Gasteiger partial charge >= 0.3 is 0 Å². The van der Waals surface area contributed by atoms with Crippen LogP contribution < -0.4 is 15.2 Å². The quantitative estimate of drug-likeness (QED) is 0.918. The normalized spacial score (nSPS) is 14.4.